The topological polar surface area (TPSA) is 41.1 Å². The van der Waals surface area contributed by atoms with Crippen LogP contribution in [0, 0.1) is 11.8 Å². The molecule has 0 aromatic rings. The summed E-state index contributed by atoms with van der Waals surface area (Å²) >= 11 is 0. The summed E-state index contributed by atoms with van der Waals surface area (Å²) in [5.74, 6) is 0.262. The lowest BCUT2D eigenvalue weighted by atomic mass is 9.79. The van der Waals surface area contributed by atoms with Gasteiger partial charge in [0.25, 0.3) is 0 Å². The lowest BCUT2D eigenvalue weighted by Gasteiger charge is -2.31. The number of nitrogens with one attached hydrogen (secondary N) is 2. The molecule has 1 saturated heterocycles. The van der Waals surface area contributed by atoms with Crippen LogP contribution in [0.5, 0.6) is 0 Å². The minimum atomic E-state index is -4.41. The third-order valence-electron chi connectivity index (χ3n) is 3.68. The third kappa shape index (κ3) is 3.59. The molecule has 1 aliphatic carbocycles. The quantitative estimate of drug-likeness (QED) is 0.778. The van der Waals surface area contributed by atoms with Crippen LogP contribution in [0.15, 0.2) is 0 Å². The van der Waals surface area contributed by atoms with Gasteiger partial charge in [-0.1, -0.05) is 0 Å². The smallest absolute Gasteiger partial charge is 0.353 e. The van der Waals surface area contributed by atoms with Gasteiger partial charge < -0.3 is 10.6 Å². The Hall–Kier alpha value is -0.780. The standard InChI is InChI=1S/C11H17F3N2O/c12-11(13,14)4-10(17)16-9-2-1-7-5-15-6-8(7)3-9/h7-9,15H,1-6H2,(H,16,17)/t7-,8+,9?/m0/s1. The number of amides is 1. The van der Waals surface area contributed by atoms with Crippen molar-refractivity contribution in [3.8, 4) is 0 Å². The van der Waals surface area contributed by atoms with E-state index in [1.165, 1.54) is 0 Å². The van der Waals surface area contributed by atoms with Crippen LogP contribution < -0.4 is 10.6 Å². The van der Waals surface area contributed by atoms with Crippen LogP contribution in [-0.4, -0.2) is 31.2 Å². The zero-order chi connectivity index (χ0) is 12.5. The first kappa shape index (κ1) is 12.7. The van der Waals surface area contributed by atoms with Crippen molar-refractivity contribution in [2.75, 3.05) is 13.1 Å². The molecule has 1 unspecified atom stereocenters. The van der Waals surface area contributed by atoms with Gasteiger partial charge in [0.2, 0.25) is 5.91 Å². The Kier molecular flexibility index (Phi) is 3.61. The first-order chi connectivity index (χ1) is 7.94. The molecule has 1 aliphatic heterocycles. The fourth-order valence-electron chi connectivity index (χ4n) is 2.89. The van der Waals surface area contributed by atoms with Gasteiger partial charge in [0.15, 0.2) is 0 Å². The van der Waals surface area contributed by atoms with Crippen molar-refractivity contribution in [2.45, 2.75) is 37.9 Å². The number of hydrogen-bond acceptors (Lipinski definition) is 2. The molecule has 3 atom stereocenters. The third-order valence-corrected chi connectivity index (χ3v) is 3.68. The van der Waals surface area contributed by atoms with Crippen molar-refractivity contribution in [3.05, 3.63) is 0 Å². The molecule has 17 heavy (non-hydrogen) atoms. The highest BCUT2D eigenvalue weighted by atomic mass is 19.4. The predicted molar refractivity (Wildman–Crippen MR) is 56.3 cm³/mol. The molecule has 1 saturated carbocycles. The van der Waals surface area contributed by atoms with Gasteiger partial charge in [-0.25, -0.2) is 0 Å². The molecule has 0 radical (unpaired) electrons. The summed E-state index contributed by atoms with van der Waals surface area (Å²) < 4.78 is 36.0. The van der Waals surface area contributed by atoms with E-state index in [-0.39, 0.29) is 6.04 Å². The van der Waals surface area contributed by atoms with Gasteiger partial charge in [-0.3, -0.25) is 4.79 Å². The van der Waals surface area contributed by atoms with Crippen molar-refractivity contribution in [2.24, 2.45) is 11.8 Å². The minimum absolute atomic E-state index is 0.0778. The lowest BCUT2D eigenvalue weighted by Crippen LogP contribution is -2.41. The molecule has 1 amide bonds. The molecule has 2 rings (SSSR count). The summed E-state index contributed by atoms with van der Waals surface area (Å²) in [7, 11) is 0. The van der Waals surface area contributed by atoms with E-state index in [4.69, 9.17) is 0 Å². The van der Waals surface area contributed by atoms with E-state index in [1.807, 2.05) is 0 Å². The molecule has 0 aromatic heterocycles. The van der Waals surface area contributed by atoms with E-state index in [0.717, 1.165) is 32.4 Å². The van der Waals surface area contributed by atoms with Gasteiger partial charge in [0.05, 0.1) is 0 Å². The Balaban J connectivity index is 1.78. The summed E-state index contributed by atoms with van der Waals surface area (Å²) in [6.07, 6.45) is -3.17. The molecule has 2 aliphatic rings. The molecule has 0 bridgehead atoms. The normalized spacial score (nSPS) is 33.2. The average Bonchev–Trinajstić information content (AvgIpc) is 2.61. The minimum Gasteiger partial charge on any atom is -0.353 e. The largest absolute Gasteiger partial charge is 0.397 e. The molecule has 2 N–H and O–H groups in total. The highest BCUT2D eigenvalue weighted by Crippen LogP contribution is 2.32. The van der Waals surface area contributed by atoms with Crippen LogP contribution in [0.1, 0.15) is 25.7 Å². The number of carbonyl (C=O) groups excluding carboxylic acids is 1. The van der Waals surface area contributed by atoms with Crippen molar-refractivity contribution >= 4 is 5.91 Å². The summed E-state index contributed by atoms with van der Waals surface area (Å²) in [4.78, 5) is 11.2. The fourth-order valence-corrected chi connectivity index (χ4v) is 2.89. The van der Waals surface area contributed by atoms with Crippen molar-refractivity contribution in [3.63, 3.8) is 0 Å². The van der Waals surface area contributed by atoms with Crippen molar-refractivity contribution in [1.82, 2.24) is 10.6 Å². The molecule has 1 heterocycles. The molecule has 0 aromatic carbocycles. The Morgan fingerprint density at radius 1 is 1.24 bits per heavy atom. The Bertz CT molecular complexity index is 293. The van der Waals surface area contributed by atoms with Gasteiger partial charge in [0, 0.05) is 6.04 Å². The summed E-state index contributed by atoms with van der Waals surface area (Å²) in [5, 5.41) is 5.78. The molecule has 3 nitrogen and oxygen atoms in total. The summed E-state index contributed by atoms with van der Waals surface area (Å²) in [6, 6.07) is -0.0778. The van der Waals surface area contributed by atoms with Gasteiger partial charge in [0.1, 0.15) is 6.42 Å². The maximum absolute atomic E-state index is 12.0. The second-order valence-corrected chi connectivity index (χ2v) is 5.05. The van der Waals surface area contributed by atoms with Crippen molar-refractivity contribution in [1.29, 1.82) is 0 Å². The van der Waals surface area contributed by atoms with Gasteiger partial charge >= 0.3 is 6.18 Å². The SMILES string of the molecule is O=C(CC(F)(F)F)NC1CC[C@H]2CNC[C@H]2C1. The van der Waals surface area contributed by atoms with Gasteiger partial charge in [-0.05, 0) is 44.2 Å². The van der Waals surface area contributed by atoms with E-state index in [1.54, 1.807) is 0 Å². The molecule has 0 spiro atoms. The van der Waals surface area contributed by atoms with E-state index in [2.05, 4.69) is 10.6 Å². The monoisotopic (exact) mass is 250 g/mol. The molecule has 98 valence electrons. The Morgan fingerprint density at radius 3 is 2.65 bits per heavy atom. The summed E-state index contributed by atoms with van der Waals surface area (Å²) in [6.45, 7) is 1.93. The van der Waals surface area contributed by atoms with Crippen LogP contribution in [0.25, 0.3) is 0 Å². The molecule has 2 fully saturated rings. The highest BCUT2D eigenvalue weighted by molar-refractivity contribution is 5.76. The van der Waals surface area contributed by atoms with Crippen LogP contribution in [0.3, 0.4) is 0 Å². The van der Waals surface area contributed by atoms with Crippen LogP contribution in [0.4, 0.5) is 13.2 Å². The Morgan fingerprint density at radius 2 is 1.94 bits per heavy atom. The lowest BCUT2D eigenvalue weighted by molar-refractivity contribution is -0.154. The molecular formula is C11H17F3N2O. The second kappa shape index (κ2) is 4.84. The number of carbonyl (C=O) groups is 1. The number of fused-ring (bicyclic) bond motifs is 1. The van der Waals surface area contributed by atoms with E-state index >= 15 is 0 Å². The second-order valence-electron chi connectivity index (χ2n) is 5.05. The number of halogens is 3. The first-order valence-corrected chi connectivity index (χ1v) is 6.01. The van der Waals surface area contributed by atoms with Crippen LogP contribution in [-0.2, 0) is 4.79 Å². The van der Waals surface area contributed by atoms with Gasteiger partial charge in [-0.2, -0.15) is 13.2 Å². The van der Waals surface area contributed by atoms with Gasteiger partial charge in [-0.15, -0.1) is 0 Å². The van der Waals surface area contributed by atoms with E-state index < -0.39 is 18.5 Å². The average molecular weight is 250 g/mol. The number of rotatable bonds is 2. The molecular weight excluding hydrogens is 233 g/mol. The summed E-state index contributed by atoms with van der Waals surface area (Å²) in [5.41, 5.74) is 0. The Labute approximate surface area is 98.1 Å². The van der Waals surface area contributed by atoms with E-state index in [9.17, 15) is 18.0 Å². The van der Waals surface area contributed by atoms with Crippen LogP contribution >= 0.6 is 0 Å². The maximum Gasteiger partial charge on any atom is 0.397 e. The fraction of sp³-hybridized carbons (Fsp3) is 0.909. The zero-order valence-electron chi connectivity index (χ0n) is 9.52. The molecule has 6 heteroatoms. The van der Waals surface area contributed by atoms with Crippen molar-refractivity contribution < 1.29 is 18.0 Å². The number of hydrogen-bond donors (Lipinski definition) is 2. The van der Waals surface area contributed by atoms with Crippen LogP contribution in [0.2, 0.25) is 0 Å². The number of alkyl halides is 3. The first-order valence-electron chi connectivity index (χ1n) is 6.01. The van der Waals surface area contributed by atoms with E-state index in [0.29, 0.717) is 11.8 Å². The predicted octanol–water partition coefficient (Wildman–Crippen LogP) is 1.44. The maximum atomic E-state index is 12.0. The highest BCUT2D eigenvalue weighted by Gasteiger charge is 2.36. The zero-order valence-corrected chi connectivity index (χ0v) is 9.52.